The number of benzene rings is 2. The number of aromatic nitrogens is 2. The summed E-state index contributed by atoms with van der Waals surface area (Å²) in [6, 6.07) is 11.9. The molecule has 34 heavy (non-hydrogen) atoms. The molecular weight excluding hydrogens is 454 g/mol. The molecule has 0 saturated carbocycles. The largest absolute Gasteiger partial charge is 0.492 e. The van der Waals surface area contributed by atoms with Crippen molar-refractivity contribution in [1.82, 2.24) is 9.78 Å². The van der Waals surface area contributed by atoms with Crippen molar-refractivity contribution in [1.29, 1.82) is 5.26 Å². The minimum absolute atomic E-state index is 0.0394. The van der Waals surface area contributed by atoms with E-state index in [9.17, 15) is 27.6 Å². The van der Waals surface area contributed by atoms with Crippen LogP contribution < -0.4 is 16.2 Å². The molecule has 4 N–H and O–H groups in total. The molecule has 178 valence electrons. The van der Waals surface area contributed by atoms with Crippen LogP contribution >= 0.6 is 0 Å². The molecule has 2 aromatic carbocycles. The van der Waals surface area contributed by atoms with E-state index in [2.05, 4.69) is 5.10 Å². The van der Waals surface area contributed by atoms with Crippen LogP contribution in [-0.2, 0) is 12.0 Å². The number of rotatable bonds is 7. The summed E-state index contributed by atoms with van der Waals surface area (Å²) in [7, 11) is 0. The van der Waals surface area contributed by atoms with Crippen LogP contribution in [0.3, 0.4) is 0 Å². The monoisotopic (exact) mass is 475 g/mol. The van der Waals surface area contributed by atoms with E-state index in [4.69, 9.17) is 16.2 Å². The summed E-state index contributed by atoms with van der Waals surface area (Å²) in [6.07, 6.45) is -4.24. The Labute approximate surface area is 192 Å². The quantitative estimate of drug-likeness (QED) is 0.497. The maximum absolute atomic E-state index is 13.5. The molecule has 0 unspecified atom stereocenters. The Morgan fingerprint density at radius 2 is 1.82 bits per heavy atom. The number of anilines is 1. The van der Waals surface area contributed by atoms with Crippen molar-refractivity contribution in [2.45, 2.75) is 32.0 Å². The summed E-state index contributed by atoms with van der Waals surface area (Å²) in [5.74, 6) is -1.66. The Morgan fingerprint density at radius 3 is 2.38 bits per heavy atom. The first-order valence-electron chi connectivity index (χ1n) is 10.0. The van der Waals surface area contributed by atoms with Crippen molar-refractivity contribution in [3.8, 4) is 23.1 Å². The average molecular weight is 475 g/mol. The fraction of sp³-hybridized carbons (Fsp3) is 0.261. The lowest BCUT2D eigenvalue weighted by Crippen LogP contribution is -2.43. The number of nitrogens with zero attached hydrogens (tertiary/aromatic N) is 3. The van der Waals surface area contributed by atoms with E-state index in [1.54, 1.807) is 24.3 Å². The summed E-state index contributed by atoms with van der Waals surface area (Å²) in [5.41, 5.74) is 9.69. The molecule has 0 aliphatic rings. The molecule has 0 atom stereocenters. The van der Waals surface area contributed by atoms with Crippen molar-refractivity contribution in [2.75, 3.05) is 12.3 Å². The van der Waals surface area contributed by atoms with Crippen LogP contribution in [0.15, 0.2) is 42.5 Å². The standard InChI is InChI=1S/C23H21F4N5O2/c1-22(2,23(25,26)27)32-20(29)17(12-28)19(31-32)14-5-3-13(4-6-14)9-10-34-18-8-7-15(24)11-16(18)21(30)33/h3-8,11H,9-10,29H2,1-2H3,(H2,30,33). The Bertz CT molecular complexity index is 1260. The third-order valence-electron chi connectivity index (χ3n) is 5.34. The number of halogens is 4. The number of ether oxygens (including phenoxy) is 1. The molecule has 0 fully saturated rings. The van der Waals surface area contributed by atoms with Gasteiger partial charge in [-0.15, -0.1) is 0 Å². The number of amides is 1. The molecule has 7 nitrogen and oxygen atoms in total. The van der Waals surface area contributed by atoms with Gasteiger partial charge in [-0.05, 0) is 37.6 Å². The zero-order chi connectivity index (χ0) is 25.3. The van der Waals surface area contributed by atoms with Crippen molar-refractivity contribution in [3.63, 3.8) is 0 Å². The summed E-state index contributed by atoms with van der Waals surface area (Å²) in [6.45, 7) is 2.00. The third-order valence-corrected chi connectivity index (χ3v) is 5.34. The first-order valence-corrected chi connectivity index (χ1v) is 10.0. The van der Waals surface area contributed by atoms with Crippen LogP contribution in [0.2, 0.25) is 0 Å². The molecule has 0 aliphatic carbocycles. The molecule has 1 aromatic heterocycles. The molecular formula is C23H21F4N5O2. The number of primary amides is 1. The predicted molar refractivity (Wildman–Crippen MR) is 116 cm³/mol. The molecule has 3 rings (SSSR count). The lowest BCUT2D eigenvalue weighted by atomic mass is 10.0. The Kier molecular flexibility index (Phi) is 6.54. The highest BCUT2D eigenvalue weighted by Crippen LogP contribution is 2.39. The normalized spacial score (nSPS) is 11.8. The van der Waals surface area contributed by atoms with E-state index < -0.39 is 23.4 Å². The molecule has 0 aliphatic heterocycles. The number of carbonyl (C=O) groups is 1. The molecule has 3 aromatic rings. The van der Waals surface area contributed by atoms with Gasteiger partial charge >= 0.3 is 6.18 Å². The Balaban J connectivity index is 1.79. The second-order valence-corrected chi connectivity index (χ2v) is 7.99. The molecule has 0 radical (unpaired) electrons. The van der Waals surface area contributed by atoms with E-state index in [0.29, 0.717) is 16.7 Å². The van der Waals surface area contributed by atoms with E-state index in [1.165, 1.54) is 6.07 Å². The number of carbonyl (C=O) groups excluding carboxylic acids is 1. The highest BCUT2D eigenvalue weighted by Gasteiger charge is 2.51. The number of alkyl halides is 3. The topological polar surface area (TPSA) is 120 Å². The van der Waals surface area contributed by atoms with Gasteiger partial charge in [-0.2, -0.15) is 23.5 Å². The van der Waals surface area contributed by atoms with Gasteiger partial charge in [0.2, 0.25) is 0 Å². The van der Waals surface area contributed by atoms with Gasteiger partial charge < -0.3 is 16.2 Å². The van der Waals surface area contributed by atoms with Crippen LogP contribution in [0.1, 0.15) is 35.3 Å². The van der Waals surface area contributed by atoms with Crippen molar-refractivity contribution >= 4 is 11.7 Å². The zero-order valence-corrected chi connectivity index (χ0v) is 18.3. The van der Waals surface area contributed by atoms with Gasteiger partial charge in [-0.25, -0.2) is 9.07 Å². The second kappa shape index (κ2) is 9.05. The first-order chi connectivity index (χ1) is 15.9. The van der Waals surface area contributed by atoms with E-state index in [0.717, 1.165) is 31.5 Å². The maximum Gasteiger partial charge on any atom is 0.413 e. The molecule has 11 heteroatoms. The van der Waals surface area contributed by atoms with Crippen molar-refractivity contribution < 1.29 is 27.1 Å². The van der Waals surface area contributed by atoms with Gasteiger partial charge in [-0.3, -0.25) is 4.79 Å². The second-order valence-electron chi connectivity index (χ2n) is 7.99. The SMILES string of the molecule is CC(C)(n1nc(-c2ccc(CCOc3ccc(F)cc3C(N)=O)cc2)c(C#N)c1N)C(F)(F)F. The smallest absolute Gasteiger partial charge is 0.413 e. The van der Waals surface area contributed by atoms with Gasteiger partial charge in [0.15, 0.2) is 5.54 Å². The predicted octanol–water partition coefficient (Wildman–Crippen LogP) is 4.16. The average Bonchev–Trinajstić information content (AvgIpc) is 3.11. The molecule has 0 bridgehead atoms. The third kappa shape index (κ3) is 4.66. The lowest BCUT2D eigenvalue weighted by Gasteiger charge is -2.28. The van der Waals surface area contributed by atoms with Gasteiger partial charge in [0, 0.05) is 12.0 Å². The highest BCUT2D eigenvalue weighted by molar-refractivity contribution is 5.95. The number of nitriles is 1. The van der Waals surface area contributed by atoms with E-state index in [-0.39, 0.29) is 35.0 Å². The Hall–Kier alpha value is -4.07. The number of hydrogen-bond acceptors (Lipinski definition) is 5. The van der Waals surface area contributed by atoms with Gasteiger partial charge in [0.05, 0.1) is 12.2 Å². The molecule has 1 heterocycles. The Morgan fingerprint density at radius 1 is 1.18 bits per heavy atom. The minimum atomic E-state index is -4.64. The van der Waals surface area contributed by atoms with Gasteiger partial charge in [0.1, 0.15) is 34.7 Å². The lowest BCUT2D eigenvalue weighted by molar-refractivity contribution is -0.205. The van der Waals surface area contributed by atoms with Crippen molar-refractivity contribution in [2.24, 2.45) is 5.73 Å². The van der Waals surface area contributed by atoms with Crippen molar-refractivity contribution in [3.05, 3.63) is 65.0 Å². The summed E-state index contributed by atoms with van der Waals surface area (Å²) >= 11 is 0. The summed E-state index contributed by atoms with van der Waals surface area (Å²) < 4.78 is 59.9. The molecule has 0 saturated heterocycles. The van der Waals surface area contributed by atoms with Gasteiger partial charge in [0.25, 0.3) is 5.91 Å². The van der Waals surface area contributed by atoms with Crippen LogP contribution in [0.4, 0.5) is 23.4 Å². The van der Waals surface area contributed by atoms with Crippen LogP contribution in [-0.4, -0.2) is 28.5 Å². The molecule has 1 amide bonds. The van der Waals surface area contributed by atoms with Crippen LogP contribution in [0, 0.1) is 17.1 Å². The minimum Gasteiger partial charge on any atom is -0.492 e. The van der Waals surface area contributed by atoms with Gasteiger partial charge in [-0.1, -0.05) is 24.3 Å². The highest BCUT2D eigenvalue weighted by atomic mass is 19.4. The fourth-order valence-electron chi connectivity index (χ4n) is 3.22. The first kappa shape index (κ1) is 24.6. The van der Waals surface area contributed by atoms with Crippen LogP contribution in [0.25, 0.3) is 11.3 Å². The molecule has 0 spiro atoms. The number of nitrogen functional groups attached to an aromatic ring is 1. The van der Waals surface area contributed by atoms with Crippen LogP contribution in [0.5, 0.6) is 5.75 Å². The summed E-state index contributed by atoms with van der Waals surface area (Å²) in [5, 5.41) is 13.5. The maximum atomic E-state index is 13.5. The number of nitrogens with two attached hydrogens (primary N) is 2. The fourth-order valence-corrected chi connectivity index (χ4v) is 3.22. The number of hydrogen-bond donors (Lipinski definition) is 2. The zero-order valence-electron chi connectivity index (χ0n) is 18.3. The van der Waals surface area contributed by atoms with E-state index >= 15 is 0 Å². The van der Waals surface area contributed by atoms with E-state index in [1.807, 2.05) is 6.07 Å². The summed E-state index contributed by atoms with van der Waals surface area (Å²) in [4.78, 5) is 11.4.